The van der Waals surface area contributed by atoms with E-state index in [9.17, 15) is 4.79 Å². The van der Waals surface area contributed by atoms with Gasteiger partial charge in [0.05, 0.1) is 0 Å². The molecule has 3 N–H and O–H groups in total. The van der Waals surface area contributed by atoms with Crippen LogP contribution < -0.4 is 11.1 Å². The van der Waals surface area contributed by atoms with Crippen LogP contribution in [0, 0.1) is 6.92 Å². The molecule has 1 amide bonds. The summed E-state index contributed by atoms with van der Waals surface area (Å²) in [6.45, 7) is 5.95. The van der Waals surface area contributed by atoms with E-state index in [2.05, 4.69) is 34.5 Å². The summed E-state index contributed by atoms with van der Waals surface area (Å²) in [6.07, 6.45) is 3.98. The number of hydrogen-bond donors (Lipinski definition) is 2. The van der Waals surface area contributed by atoms with Gasteiger partial charge in [-0.05, 0) is 49.5 Å². The van der Waals surface area contributed by atoms with Crippen LogP contribution in [0.4, 0.5) is 0 Å². The first kappa shape index (κ1) is 18.6. The minimum atomic E-state index is -0.631. The largest absolute Gasteiger partial charge is 0.350 e. The number of nitrogens with two attached hydrogens (primary N) is 1. The summed E-state index contributed by atoms with van der Waals surface area (Å²) in [5, 5.41) is 2.94. The Labute approximate surface area is 156 Å². The maximum atomic E-state index is 12.3. The molecule has 4 nitrogen and oxygen atoms in total. The molecular weight excluding hydrogens is 322 g/mol. The van der Waals surface area contributed by atoms with Gasteiger partial charge < -0.3 is 11.1 Å². The summed E-state index contributed by atoms with van der Waals surface area (Å²) < 4.78 is 0. The van der Waals surface area contributed by atoms with E-state index in [0.717, 1.165) is 23.2 Å². The van der Waals surface area contributed by atoms with Crippen LogP contribution in [0.3, 0.4) is 0 Å². The van der Waals surface area contributed by atoms with E-state index >= 15 is 0 Å². The normalized spacial score (nSPS) is 16.2. The van der Waals surface area contributed by atoms with E-state index in [1.54, 1.807) is 0 Å². The van der Waals surface area contributed by atoms with Gasteiger partial charge in [-0.2, -0.15) is 0 Å². The predicted octanol–water partition coefficient (Wildman–Crippen LogP) is 3.30. The Kier molecular flexibility index (Phi) is 6.42. The zero-order valence-electron chi connectivity index (χ0n) is 15.6. The number of piperidine rings is 1. The van der Waals surface area contributed by atoms with E-state index < -0.39 is 6.04 Å². The van der Waals surface area contributed by atoms with Gasteiger partial charge in [0.2, 0.25) is 5.91 Å². The lowest BCUT2D eigenvalue weighted by Gasteiger charge is -2.26. The Morgan fingerprint density at radius 1 is 1.00 bits per heavy atom. The average Bonchev–Trinajstić information content (AvgIpc) is 2.68. The van der Waals surface area contributed by atoms with Gasteiger partial charge in [-0.3, -0.25) is 9.69 Å². The molecular formula is C22H29N3O. The smallest absolute Gasteiger partial charge is 0.241 e. The maximum Gasteiger partial charge on any atom is 0.241 e. The highest BCUT2D eigenvalue weighted by atomic mass is 16.2. The fourth-order valence-corrected chi connectivity index (χ4v) is 3.36. The molecule has 4 heteroatoms. The average molecular weight is 351 g/mol. The van der Waals surface area contributed by atoms with Gasteiger partial charge in [-0.15, -0.1) is 0 Å². The fraction of sp³-hybridized carbons (Fsp3) is 0.409. The third-order valence-corrected chi connectivity index (χ3v) is 5.06. The maximum absolute atomic E-state index is 12.3. The van der Waals surface area contributed by atoms with Crippen LogP contribution in [0.2, 0.25) is 0 Å². The third kappa shape index (κ3) is 5.16. The molecule has 0 bridgehead atoms. The molecule has 1 saturated heterocycles. The monoisotopic (exact) mass is 351 g/mol. The Morgan fingerprint density at radius 3 is 2.27 bits per heavy atom. The summed E-state index contributed by atoms with van der Waals surface area (Å²) in [5.41, 5.74) is 10.5. The van der Waals surface area contributed by atoms with Crippen molar-refractivity contribution in [3.8, 4) is 0 Å². The molecule has 1 fully saturated rings. The van der Waals surface area contributed by atoms with Crippen molar-refractivity contribution in [3.63, 3.8) is 0 Å². The Hall–Kier alpha value is -2.17. The van der Waals surface area contributed by atoms with Crippen molar-refractivity contribution < 1.29 is 4.79 Å². The van der Waals surface area contributed by atoms with Crippen molar-refractivity contribution in [2.75, 3.05) is 13.1 Å². The summed E-state index contributed by atoms with van der Waals surface area (Å²) in [7, 11) is 0. The zero-order chi connectivity index (χ0) is 18.4. The molecule has 2 aromatic rings. The molecule has 138 valence electrons. The predicted molar refractivity (Wildman–Crippen MR) is 106 cm³/mol. The highest BCUT2D eigenvalue weighted by Gasteiger charge is 2.15. The van der Waals surface area contributed by atoms with Gasteiger partial charge >= 0.3 is 0 Å². The number of nitrogens with zero attached hydrogens (tertiary/aromatic N) is 1. The number of carbonyl (C=O) groups is 1. The van der Waals surface area contributed by atoms with Crippen LogP contribution in [0.25, 0.3) is 0 Å². The van der Waals surface area contributed by atoms with E-state index in [-0.39, 0.29) is 5.91 Å². The number of likely N-dealkylation sites (tertiary alicyclic amines) is 1. The van der Waals surface area contributed by atoms with Gasteiger partial charge in [-0.25, -0.2) is 0 Å². The Morgan fingerprint density at radius 2 is 1.62 bits per heavy atom. The molecule has 0 radical (unpaired) electrons. The highest BCUT2D eigenvalue weighted by molar-refractivity contribution is 5.82. The number of carbonyl (C=O) groups excluding carboxylic acids is 1. The second-order valence-electron chi connectivity index (χ2n) is 7.26. The molecule has 1 atom stereocenters. The molecule has 3 rings (SSSR count). The SMILES string of the molecule is Cc1ccc(C(N)C(=O)NCc2ccc(CN3CCCCC3)cc2)cc1. The lowest BCUT2D eigenvalue weighted by molar-refractivity contribution is -0.122. The first-order chi connectivity index (χ1) is 12.6. The van der Waals surface area contributed by atoms with Crippen LogP contribution in [-0.4, -0.2) is 23.9 Å². The number of aryl methyl sites for hydroxylation is 1. The second kappa shape index (κ2) is 8.97. The van der Waals surface area contributed by atoms with Gasteiger partial charge in [0.1, 0.15) is 6.04 Å². The molecule has 0 saturated carbocycles. The highest BCUT2D eigenvalue weighted by Crippen LogP contribution is 2.14. The molecule has 1 aliphatic heterocycles. The number of benzene rings is 2. The summed E-state index contributed by atoms with van der Waals surface area (Å²) >= 11 is 0. The van der Waals surface area contributed by atoms with Gasteiger partial charge in [0.15, 0.2) is 0 Å². The van der Waals surface area contributed by atoms with Crippen LogP contribution >= 0.6 is 0 Å². The lowest BCUT2D eigenvalue weighted by Crippen LogP contribution is -2.33. The van der Waals surface area contributed by atoms with Crippen molar-refractivity contribution in [1.82, 2.24) is 10.2 Å². The first-order valence-corrected chi connectivity index (χ1v) is 9.52. The van der Waals surface area contributed by atoms with Crippen LogP contribution in [-0.2, 0) is 17.9 Å². The van der Waals surface area contributed by atoms with Gasteiger partial charge in [0.25, 0.3) is 0 Å². The summed E-state index contributed by atoms with van der Waals surface area (Å²) in [4.78, 5) is 14.8. The van der Waals surface area contributed by atoms with E-state index in [0.29, 0.717) is 6.54 Å². The van der Waals surface area contributed by atoms with Crippen LogP contribution in [0.15, 0.2) is 48.5 Å². The van der Waals surface area contributed by atoms with Gasteiger partial charge in [0, 0.05) is 13.1 Å². The standard InChI is InChI=1S/C22H29N3O/c1-17-5-11-20(12-6-17)21(23)22(26)24-15-18-7-9-19(10-8-18)16-25-13-3-2-4-14-25/h5-12,21H,2-4,13-16,23H2,1H3,(H,24,26). The van der Waals surface area contributed by atoms with Crippen LogP contribution in [0.5, 0.6) is 0 Å². The number of hydrogen-bond acceptors (Lipinski definition) is 3. The minimum Gasteiger partial charge on any atom is -0.350 e. The topological polar surface area (TPSA) is 58.4 Å². The van der Waals surface area contributed by atoms with Crippen molar-refractivity contribution in [3.05, 3.63) is 70.8 Å². The van der Waals surface area contributed by atoms with Crippen molar-refractivity contribution in [1.29, 1.82) is 0 Å². The number of amides is 1. The second-order valence-corrected chi connectivity index (χ2v) is 7.26. The Balaban J connectivity index is 1.49. The lowest BCUT2D eigenvalue weighted by atomic mass is 10.1. The van der Waals surface area contributed by atoms with Crippen molar-refractivity contribution in [2.24, 2.45) is 5.73 Å². The van der Waals surface area contributed by atoms with Crippen LogP contribution in [0.1, 0.15) is 47.6 Å². The van der Waals surface area contributed by atoms with E-state index in [1.807, 2.05) is 31.2 Å². The molecule has 26 heavy (non-hydrogen) atoms. The van der Waals surface area contributed by atoms with Crippen molar-refractivity contribution in [2.45, 2.75) is 45.3 Å². The molecule has 0 spiro atoms. The van der Waals surface area contributed by atoms with Crippen molar-refractivity contribution >= 4 is 5.91 Å². The number of nitrogens with one attached hydrogen (secondary N) is 1. The van der Waals surface area contributed by atoms with E-state index in [1.165, 1.54) is 37.9 Å². The quantitative estimate of drug-likeness (QED) is 0.839. The first-order valence-electron chi connectivity index (χ1n) is 9.52. The fourth-order valence-electron chi connectivity index (χ4n) is 3.36. The molecule has 0 aliphatic carbocycles. The molecule has 1 heterocycles. The summed E-state index contributed by atoms with van der Waals surface area (Å²) in [5.74, 6) is -0.147. The zero-order valence-corrected chi connectivity index (χ0v) is 15.6. The Bertz CT molecular complexity index is 703. The van der Waals surface area contributed by atoms with E-state index in [4.69, 9.17) is 5.73 Å². The minimum absolute atomic E-state index is 0.147. The molecule has 0 aromatic heterocycles. The number of rotatable bonds is 6. The molecule has 2 aromatic carbocycles. The molecule has 1 unspecified atom stereocenters. The summed E-state index contributed by atoms with van der Waals surface area (Å²) in [6, 6.07) is 15.7. The molecule has 1 aliphatic rings. The van der Waals surface area contributed by atoms with Gasteiger partial charge in [-0.1, -0.05) is 60.5 Å². The third-order valence-electron chi connectivity index (χ3n) is 5.06.